The summed E-state index contributed by atoms with van der Waals surface area (Å²) < 4.78 is 5.84. The summed E-state index contributed by atoms with van der Waals surface area (Å²) in [6.07, 6.45) is 0. The van der Waals surface area contributed by atoms with Crippen LogP contribution < -0.4 is 10.1 Å². The van der Waals surface area contributed by atoms with Gasteiger partial charge in [-0.25, -0.2) is 0 Å². The van der Waals surface area contributed by atoms with Crippen LogP contribution in [0.4, 0.5) is 5.69 Å². The molecule has 92 valence electrons. The maximum Gasteiger partial charge on any atom is 0.142 e. The smallest absolute Gasteiger partial charge is 0.142 e. The van der Waals surface area contributed by atoms with Gasteiger partial charge in [0, 0.05) is 0 Å². The van der Waals surface area contributed by atoms with E-state index in [9.17, 15) is 0 Å². The molecule has 1 aliphatic rings. The Bertz CT molecular complexity index is 560. The van der Waals surface area contributed by atoms with Crippen molar-refractivity contribution in [2.24, 2.45) is 0 Å². The van der Waals surface area contributed by atoms with Crippen LogP contribution in [0.2, 0.25) is 0 Å². The lowest BCUT2D eigenvalue weighted by atomic mass is 10.0. The molecule has 3 rings (SSSR count). The second-order valence-corrected chi connectivity index (χ2v) is 4.92. The Kier molecular flexibility index (Phi) is 2.71. The Morgan fingerprint density at radius 2 is 1.72 bits per heavy atom. The van der Waals surface area contributed by atoms with Gasteiger partial charge in [-0.15, -0.1) is 0 Å². The maximum atomic E-state index is 5.84. The Morgan fingerprint density at radius 3 is 2.50 bits per heavy atom. The molecule has 2 heteroatoms. The zero-order valence-corrected chi connectivity index (χ0v) is 10.7. The number of benzene rings is 2. The molecule has 1 heterocycles. The second kappa shape index (κ2) is 4.37. The molecular formula is C16H17NO. The number of rotatable bonds is 1. The molecular weight excluding hydrogens is 222 g/mol. The van der Waals surface area contributed by atoms with Gasteiger partial charge in [0.15, 0.2) is 0 Å². The maximum absolute atomic E-state index is 5.84. The molecule has 0 spiro atoms. The Hall–Kier alpha value is -1.96. The molecule has 1 N–H and O–H groups in total. The molecule has 0 saturated carbocycles. The van der Waals surface area contributed by atoms with Gasteiger partial charge in [-0.2, -0.15) is 0 Å². The van der Waals surface area contributed by atoms with E-state index in [1.54, 1.807) is 0 Å². The van der Waals surface area contributed by atoms with Crippen LogP contribution in [0.3, 0.4) is 0 Å². The molecule has 0 aromatic heterocycles. The molecule has 0 amide bonds. The summed E-state index contributed by atoms with van der Waals surface area (Å²) in [5.74, 6) is 0.957. The van der Waals surface area contributed by atoms with Gasteiger partial charge in [-0.1, -0.05) is 35.9 Å². The standard InChI is InChI=1S/C16H17NO/c1-11-3-6-13(7-4-11)15-10-18-16-9-12(2)5-8-14(16)17-15/h3-9,15,17H,10H2,1-2H3/t15-/m0/s1. The van der Waals surface area contributed by atoms with Gasteiger partial charge >= 0.3 is 0 Å². The van der Waals surface area contributed by atoms with Crippen molar-refractivity contribution < 1.29 is 4.74 Å². The molecule has 1 atom stereocenters. The molecule has 0 radical (unpaired) electrons. The van der Waals surface area contributed by atoms with Crippen LogP contribution in [0.5, 0.6) is 5.75 Å². The van der Waals surface area contributed by atoms with Crippen molar-refractivity contribution in [3.63, 3.8) is 0 Å². The normalized spacial score (nSPS) is 17.6. The summed E-state index contributed by atoms with van der Waals surface area (Å²) in [5, 5.41) is 3.53. The van der Waals surface area contributed by atoms with Gasteiger partial charge in [0.2, 0.25) is 0 Å². The van der Waals surface area contributed by atoms with Crippen molar-refractivity contribution in [1.82, 2.24) is 0 Å². The first-order chi connectivity index (χ1) is 8.72. The quantitative estimate of drug-likeness (QED) is 0.816. The van der Waals surface area contributed by atoms with Gasteiger partial charge in [0.25, 0.3) is 0 Å². The number of fused-ring (bicyclic) bond motifs is 1. The van der Waals surface area contributed by atoms with Crippen molar-refractivity contribution in [3.8, 4) is 5.75 Å². The third kappa shape index (κ3) is 2.06. The predicted octanol–water partition coefficient (Wildman–Crippen LogP) is 3.85. The van der Waals surface area contributed by atoms with Crippen molar-refractivity contribution in [3.05, 3.63) is 59.2 Å². The van der Waals surface area contributed by atoms with E-state index < -0.39 is 0 Å². The first kappa shape index (κ1) is 11.1. The topological polar surface area (TPSA) is 21.3 Å². The number of hydrogen-bond donors (Lipinski definition) is 1. The SMILES string of the molecule is Cc1ccc([C@@H]2COc3cc(C)ccc3N2)cc1. The lowest BCUT2D eigenvalue weighted by molar-refractivity contribution is 0.286. The summed E-state index contributed by atoms with van der Waals surface area (Å²) in [7, 11) is 0. The van der Waals surface area contributed by atoms with Crippen LogP contribution in [-0.2, 0) is 0 Å². The zero-order valence-electron chi connectivity index (χ0n) is 10.7. The Labute approximate surface area is 108 Å². The highest BCUT2D eigenvalue weighted by molar-refractivity contribution is 5.60. The monoisotopic (exact) mass is 239 g/mol. The zero-order chi connectivity index (χ0) is 12.5. The van der Waals surface area contributed by atoms with E-state index in [2.05, 4.69) is 61.6 Å². The van der Waals surface area contributed by atoms with E-state index in [1.165, 1.54) is 16.7 Å². The molecule has 0 bridgehead atoms. The molecule has 0 unspecified atom stereocenters. The van der Waals surface area contributed by atoms with Crippen molar-refractivity contribution in [2.75, 3.05) is 11.9 Å². The van der Waals surface area contributed by atoms with E-state index in [4.69, 9.17) is 4.74 Å². The van der Waals surface area contributed by atoms with E-state index in [0.717, 1.165) is 11.4 Å². The van der Waals surface area contributed by atoms with Crippen molar-refractivity contribution >= 4 is 5.69 Å². The highest BCUT2D eigenvalue weighted by Gasteiger charge is 2.19. The molecule has 0 fully saturated rings. The molecule has 0 aliphatic carbocycles. The van der Waals surface area contributed by atoms with Gasteiger partial charge in [0.05, 0.1) is 11.7 Å². The van der Waals surface area contributed by atoms with Gasteiger partial charge < -0.3 is 10.1 Å². The Morgan fingerprint density at radius 1 is 1.00 bits per heavy atom. The number of hydrogen-bond acceptors (Lipinski definition) is 2. The van der Waals surface area contributed by atoms with E-state index in [1.807, 2.05) is 0 Å². The van der Waals surface area contributed by atoms with Crippen LogP contribution in [0.15, 0.2) is 42.5 Å². The summed E-state index contributed by atoms with van der Waals surface area (Å²) in [6.45, 7) is 4.86. The number of aryl methyl sites for hydroxylation is 2. The van der Waals surface area contributed by atoms with Crippen LogP contribution in [0.1, 0.15) is 22.7 Å². The molecule has 1 aliphatic heterocycles. The average Bonchev–Trinajstić information content (AvgIpc) is 2.39. The summed E-state index contributed by atoms with van der Waals surface area (Å²) in [5.41, 5.74) is 4.86. The third-order valence-electron chi connectivity index (χ3n) is 3.35. The largest absolute Gasteiger partial charge is 0.489 e. The van der Waals surface area contributed by atoms with E-state index in [-0.39, 0.29) is 6.04 Å². The third-order valence-corrected chi connectivity index (χ3v) is 3.35. The lowest BCUT2D eigenvalue weighted by Gasteiger charge is -2.28. The minimum atomic E-state index is 0.237. The fourth-order valence-electron chi connectivity index (χ4n) is 2.25. The van der Waals surface area contributed by atoms with Crippen LogP contribution in [0.25, 0.3) is 0 Å². The number of anilines is 1. The van der Waals surface area contributed by atoms with Crippen molar-refractivity contribution in [1.29, 1.82) is 0 Å². The first-order valence-electron chi connectivity index (χ1n) is 6.29. The Balaban J connectivity index is 1.86. The summed E-state index contributed by atoms with van der Waals surface area (Å²) in [6, 6.07) is 15.1. The fourth-order valence-corrected chi connectivity index (χ4v) is 2.25. The van der Waals surface area contributed by atoms with Crippen molar-refractivity contribution in [2.45, 2.75) is 19.9 Å². The predicted molar refractivity (Wildman–Crippen MR) is 74.2 cm³/mol. The molecule has 0 saturated heterocycles. The average molecular weight is 239 g/mol. The molecule has 2 aromatic rings. The van der Waals surface area contributed by atoms with Gasteiger partial charge in [0.1, 0.15) is 12.4 Å². The van der Waals surface area contributed by atoms with Gasteiger partial charge in [-0.05, 0) is 37.1 Å². The summed E-state index contributed by atoms with van der Waals surface area (Å²) in [4.78, 5) is 0. The second-order valence-electron chi connectivity index (χ2n) is 4.92. The molecule has 18 heavy (non-hydrogen) atoms. The van der Waals surface area contributed by atoms with Gasteiger partial charge in [-0.3, -0.25) is 0 Å². The first-order valence-corrected chi connectivity index (χ1v) is 6.29. The molecule has 2 aromatic carbocycles. The van der Waals surface area contributed by atoms with Crippen LogP contribution >= 0.6 is 0 Å². The minimum Gasteiger partial charge on any atom is -0.489 e. The van der Waals surface area contributed by atoms with Crippen LogP contribution in [0, 0.1) is 13.8 Å². The highest BCUT2D eigenvalue weighted by atomic mass is 16.5. The number of nitrogens with one attached hydrogen (secondary N) is 1. The molecule has 2 nitrogen and oxygen atoms in total. The fraction of sp³-hybridized carbons (Fsp3) is 0.250. The number of ether oxygens (including phenoxy) is 1. The minimum absolute atomic E-state index is 0.237. The lowest BCUT2D eigenvalue weighted by Crippen LogP contribution is -2.23. The summed E-state index contributed by atoms with van der Waals surface area (Å²) >= 11 is 0. The van der Waals surface area contributed by atoms with E-state index >= 15 is 0 Å². The van der Waals surface area contributed by atoms with Crippen LogP contribution in [-0.4, -0.2) is 6.61 Å². The van der Waals surface area contributed by atoms with E-state index in [0.29, 0.717) is 6.61 Å². The highest BCUT2D eigenvalue weighted by Crippen LogP contribution is 2.34.